The number of nitrogens with one attached hydrogen (secondary N) is 1. The van der Waals surface area contributed by atoms with Gasteiger partial charge in [0.2, 0.25) is 5.91 Å². The average molecular weight is 240 g/mol. The average Bonchev–Trinajstić information content (AvgIpc) is 2.40. The highest BCUT2D eigenvalue weighted by Crippen LogP contribution is 2.19. The second-order valence-electron chi connectivity index (χ2n) is 5.25. The van der Waals surface area contributed by atoms with Crippen molar-refractivity contribution < 1.29 is 9.53 Å². The van der Waals surface area contributed by atoms with Gasteiger partial charge in [-0.25, -0.2) is 0 Å². The van der Waals surface area contributed by atoms with Crippen molar-refractivity contribution in [2.45, 2.75) is 38.1 Å². The Morgan fingerprint density at radius 2 is 2.24 bits per heavy atom. The Bertz CT molecular complexity index is 250. The molecular weight excluding hydrogens is 216 g/mol. The van der Waals surface area contributed by atoms with Crippen LogP contribution in [0.15, 0.2) is 0 Å². The molecule has 1 amide bonds. The Balaban J connectivity index is 1.85. The van der Waals surface area contributed by atoms with Crippen LogP contribution in [-0.4, -0.2) is 50.2 Å². The summed E-state index contributed by atoms with van der Waals surface area (Å²) in [7, 11) is 1.74. The van der Waals surface area contributed by atoms with Gasteiger partial charge in [0, 0.05) is 20.2 Å². The van der Waals surface area contributed by atoms with E-state index >= 15 is 0 Å². The first-order chi connectivity index (χ1) is 8.31. The third kappa shape index (κ3) is 3.42. The summed E-state index contributed by atoms with van der Waals surface area (Å²) in [6.07, 6.45) is 5.70. The number of likely N-dealkylation sites (tertiary alicyclic amines) is 1. The molecule has 4 heteroatoms. The standard InChI is InChI=1S/C13H24N2O2/c1-17-10-11-5-4-8-15(9-11)13(16)12-6-2-3-7-14-12/h11-12,14H,2-10H2,1H3/t11-,12+/m0/s1. The normalized spacial score (nSPS) is 30.3. The van der Waals surface area contributed by atoms with Gasteiger partial charge < -0.3 is 15.0 Å². The van der Waals surface area contributed by atoms with E-state index < -0.39 is 0 Å². The number of carbonyl (C=O) groups is 1. The lowest BCUT2D eigenvalue weighted by molar-refractivity contribution is -0.136. The lowest BCUT2D eigenvalue weighted by Crippen LogP contribution is -2.51. The summed E-state index contributed by atoms with van der Waals surface area (Å²) in [5.74, 6) is 0.840. The molecule has 0 aliphatic carbocycles. The predicted octanol–water partition coefficient (Wildman–Crippen LogP) is 1.01. The van der Waals surface area contributed by atoms with Gasteiger partial charge in [-0.15, -0.1) is 0 Å². The fourth-order valence-corrected chi connectivity index (χ4v) is 2.92. The molecule has 4 nitrogen and oxygen atoms in total. The molecule has 0 spiro atoms. The highest BCUT2D eigenvalue weighted by molar-refractivity contribution is 5.82. The van der Waals surface area contributed by atoms with Crippen LogP contribution < -0.4 is 5.32 Å². The maximum atomic E-state index is 12.3. The number of carbonyl (C=O) groups excluding carboxylic acids is 1. The van der Waals surface area contributed by atoms with Crippen molar-refractivity contribution in [3.8, 4) is 0 Å². The van der Waals surface area contributed by atoms with Crippen molar-refractivity contribution in [2.24, 2.45) is 5.92 Å². The molecule has 2 aliphatic rings. The summed E-state index contributed by atoms with van der Waals surface area (Å²) in [6, 6.07) is 0.0741. The molecule has 0 unspecified atom stereocenters. The molecule has 0 aromatic heterocycles. The van der Waals surface area contributed by atoms with Gasteiger partial charge in [-0.2, -0.15) is 0 Å². The van der Waals surface area contributed by atoms with E-state index in [1.165, 1.54) is 19.3 Å². The summed E-state index contributed by atoms with van der Waals surface area (Å²) in [6.45, 7) is 3.58. The maximum Gasteiger partial charge on any atom is 0.239 e. The van der Waals surface area contributed by atoms with E-state index in [0.717, 1.165) is 39.1 Å². The molecule has 98 valence electrons. The maximum absolute atomic E-state index is 12.3. The zero-order valence-electron chi connectivity index (χ0n) is 10.8. The molecule has 2 heterocycles. The van der Waals surface area contributed by atoms with Gasteiger partial charge in [0.05, 0.1) is 12.6 Å². The van der Waals surface area contributed by atoms with E-state index in [0.29, 0.717) is 11.8 Å². The third-order valence-corrected chi connectivity index (χ3v) is 3.84. The van der Waals surface area contributed by atoms with Crippen molar-refractivity contribution in [3.05, 3.63) is 0 Å². The molecule has 0 aromatic rings. The highest BCUT2D eigenvalue weighted by Gasteiger charge is 2.29. The second kappa shape index (κ2) is 6.36. The van der Waals surface area contributed by atoms with Crippen LogP contribution in [0.1, 0.15) is 32.1 Å². The van der Waals surface area contributed by atoms with Crippen molar-refractivity contribution in [1.82, 2.24) is 10.2 Å². The molecule has 17 heavy (non-hydrogen) atoms. The monoisotopic (exact) mass is 240 g/mol. The molecule has 2 fully saturated rings. The topological polar surface area (TPSA) is 41.6 Å². The molecule has 0 radical (unpaired) electrons. The Morgan fingerprint density at radius 3 is 2.94 bits per heavy atom. The van der Waals surface area contributed by atoms with Crippen molar-refractivity contribution >= 4 is 5.91 Å². The summed E-state index contributed by atoms with van der Waals surface area (Å²) in [4.78, 5) is 14.4. The number of amides is 1. The second-order valence-corrected chi connectivity index (χ2v) is 5.25. The zero-order valence-corrected chi connectivity index (χ0v) is 10.8. The van der Waals surface area contributed by atoms with Crippen LogP contribution in [0.3, 0.4) is 0 Å². The smallest absolute Gasteiger partial charge is 0.239 e. The van der Waals surface area contributed by atoms with Crippen molar-refractivity contribution in [3.63, 3.8) is 0 Å². The molecule has 1 N–H and O–H groups in total. The highest BCUT2D eigenvalue weighted by atomic mass is 16.5. The minimum absolute atomic E-state index is 0.0741. The first kappa shape index (κ1) is 12.8. The number of hydrogen-bond acceptors (Lipinski definition) is 3. The van der Waals surface area contributed by atoms with Crippen LogP contribution >= 0.6 is 0 Å². The van der Waals surface area contributed by atoms with E-state index in [9.17, 15) is 4.79 Å². The minimum atomic E-state index is 0.0741. The van der Waals surface area contributed by atoms with E-state index in [4.69, 9.17) is 4.74 Å². The van der Waals surface area contributed by atoms with Gasteiger partial charge in [-0.1, -0.05) is 6.42 Å². The van der Waals surface area contributed by atoms with Crippen LogP contribution in [0.2, 0.25) is 0 Å². The number of piperidine rings is 2. The number of hydrogen-bond donors (Lipinski definition) is 1. The number of methoxy groups -OCH3 is 1. The summed E-state index contributed by atoms with van der Waals surface area (Å²) in [5.41, 5.74) is 0. The third-order valence-electron chi connectivity index (χ3n) is 3.84. The fourth-order valence-electron chi connectivity index (χ4n) is 2.92. The van der Waals surface area contributed by atoms with Gasteiger partial charge in [0.1, 0.15) is 0 Å². The van der Waals surface area contributed by atoms with Gasteiger partial charge in [0.25, 0.3) is 0 Å². The molecule has 2 aliphatic heterocycles. The van der Waals surface area contributed by atoms with E-state index in [-0.39, 0.29) is 6.04 Å². The Hall–Kier alpha value is -0.610. The Morgan fingerprint density at radius 1 is 1.35 bits per heavy atom. The molecule has 0 aromatic carbocycles. The Kier molecular flexibility index (Phi) is 4.80. The molecule has 0 saturated carbocycles. The van der Waals surface area contributed by atoms with Gasteiger partial charge in [0.15, 0.2) is 0 Å². The van der Waals surface area contributed by atoms with Crippen LogP contribution in [0.4, 0.5) is 0 Å². The van der Waals surface area contributed by atoms with E-state index in [1.54, 1.807) is 7.11 Å². The van der Waals surface area contributed by atoms with Crippen molar-refractivity contribution in [2.75, 3.05) is 33.4 Å². The van der Waals surface area contributed by atoms with Crippen LogP contribution in [0, 0.1) is 5.92 Å². The molecule has 2 rings (SSSR count). The van der Waals surface area contributed by atoms with E-state index in [1.807, 2.05) is 4.90 Å². The fraction of sp³-hybridized carbons (Fsp3) is 0.923. The summed E-state index contributed by atoms with van der Waals surface area (Å²) in [5, 5.41) is 3.34. The summed E-state index contributed by atoms with van der Waals surface area (Å²) < 4.78 is 5.20. The zero-order chi connectivity index (χ0) is 12.1. The first-order valence-corrected chi connectivity index (χ1v) is 6.82. The van der Waals surface area contributed by atoms with Crippen LogP contribution in [0.25, 0.3) is 0 Å². The lowest BCUT2D eigenvalue weighted by atomic mass is 9.97. The Labute approximate surface area is 104 Å². The largest absolute Gasteiger partial charge is 0.384 e. The van der Waals surface area contributed by atoms with Crippen LogP contribution in [-0.2, 0) is 9.53 Å². The minimum Gasteiger partial charge on any atom is -0.384 e. The lowest BCUT2D eigenvalue weighted by Gasteiger charge is -2.35. The number of ether oxygens (including phenoxy) is 1. The van der Waals surface area contributed by atoms with E-state index in [2.05, 4.69) is 5.32 Å². The van der Waals surface area contributed by atoms with Crippen molar-refractivity contribution in [1.29, 1.82) is 0 Å². The molecular formula is C13H24N2O2. The SMILES string of the molecule is COC[C@H]1CCCN(C(=O)[C@H]2CCCCN2)C1. The predicted molar refractivity (Wildman–Crippen MR) is 66.8 cm³/mol. The molecule has 0 bridgehead atoms. The number of nitrogens with zero attached hydrogens (tertiary/aromatic N) is 1. The van der Waals surface area contributed by atoms with Crippen LogP contribution in [0.5, 0.6) is 0 Å². The van der Waals surface area contributed by atoms with Gasteiger partial charge >= 0.3 is 0 Å². The molecule has 2 saturated heterocycles. The van der Waals surface area contributed by atoms with Gasteiger partial charge in [-0.3, -0.25) is 4.79 Å². The quantitative estimate of drug-likeness (QED) is 0.800. The summed E-state index contributed by atoms with van der Waals surface area (Å²) >= 11 is 0. The number of rotatable bonds is 3. The molecule has 2 atom stereocenters. The van der Waals surface area contributed by atoms with Gasteiger partial charge in [-0.05, 0) is 38.1 Å². The first-order valence-electron chi connectivity index (χ1n) is 6.82.